The molecule has 4 nitrogen and oxygen atoms in total. The number of aromatic nitrogens is 1. The molecule has 1 unspecified atom stereocenters. The minimum Gasteiger partial charge on any atom is -0.457 e. The second-order valence-corrected chi connectivity index (χ2v) is 7.79. The molecule has 0 bridgehead atoms. The molecule has 0 radical (unpaired) electrons. The first-order chi connectivity index (χ1) is 16.4. The number of para-hydroxylation sites is 1. The fraction of sp³-hybridized carbons (Fsp3) is 0.148. The van der Waals surface area contributed by atoms with E-state index in [4.69, 9.17) is 4.74 Å². The molecule has 34 heavy (non-hydrogen) atoms. The molecular weight excluding hydrogens is 441 g/mol. The van der Waals surface area contributed by atoms with E-state index in [2.05, 4.69) is 4.98 Å². The highest BCUT2D eigenvalue weighted by molar-refractivity contribution is 5.64. The molecule has 1 aromatic heterocycles. The number of hydrogen-bond acceptors (Lipinski definition) is 4. The van der Waals surface area contributed by atoms with E-state index in [9.17, 15) is 18.3 Å². The Morgan fingerprint density at radius 2 is 1.50 bits per heavy atom. The Labute approximate surface area is 195 Å². The number of hydrogen-bond donors (Lipinski definition) is 1. The van der Waals surface area contributed by atoms with E-state index in [1.165, 1.54) is 4.90 Å². The number of benzene rings is 3. The van der Waals surface area contributed by atoms with Gasteiger partial charge in [-0.25, -0.2) is 0 Å². The molecule has 0 aliphatic heterocycles. The summed E-state index contributed by atoms with van der Waals surface area (Å²) >= 11 is 0. The highest BCUT2D eigenvalue weighted by Gasteiger charge is 2.39. The van der Waals surface area contributed by atoms with Crippen LogP contribution in [-0.2, 0) is 6.54 Å². The summed E-state index contributed by atoms with van der Waals surface area (Å²) in [5, 5.41) is 9.83. The number of halogens is 3. The lowest BCUT2D eigenvalue weighted by atomic mass is 10.0. The number of pyridine rings is 1. The molecule has 0 amide bonds. The average Bonchev–Trinajstić information content (AvgIpc) is 2.84. The molecule has 7 heteroatoms. The van der Waals surface area contributed by atoms with Gasteiger partial charge in [0, 0.05) is 30.7 Å². The molecule has 174 valence electrons. The number of ether oxygens (including phenoxy) is 1. The minimum absolute atomic E-state index is 0.168. The van der Waals surface area contributed by atoms with Gasteiger partial charge in [0.2, 0.25) is 0 Å². The average molecular weight is 464 g/mol. The van der Waals surface area contributed by atoms with Crippen LogP contribution in [0.3, 0.4) is 0 Å². The quantitative estimate of drug-likeness (QED) is 0.325. The first-order valence-corrected chi connectivity index (χ1v) is 10.7. The minimum atomic E-state index is -4.73. The van der Waals surface area contributed by atoms with Crippen LogP contribution in [0, 0.1) is 0 Å². The molecule has 0 aliphatic rings. The molecule has 0 saturated carbocycles. The molecule has 3 aromatic carbocycles. The number of aliphatic hydroxyl groups excluding tert-OH is 1. The Bertz CT molecular complexity index is 1200. The monoisotopic (exact) mass is 464 g/mol. The molecule has 0 saturated heterocycles. The first-order valence-electron chi connectivity index (χ1n) is 10.7. The summed E-state index contributed by atoms with van der Waals surface area (Å²) in [6.07, 6.45) is -3.84. The number of rotatable bonds is 8. The molecule has 4 rings (SSSR count). The molecular formula is C27H23F3N2O2. The van der Waals surface area contributed by atoms with Crippen molar-refractivity contribution in [1.82, 2.24) is 4.98 Å². The van der Waals surface area contributed by atoms with Crippen molar-refractivity contribution in [3.63, 3.8) is 0 Å². The molecule has 0 spiro atoms. The predicted octanol–water partition coefficient (Wildman–Crippen LogP) is 6.47. The molecule has 0 fully saturated rings. The van der Waals surface area contributed by atoms with Crippen LogP contribution < -0.4 is 9.64 Å². The summed E-state index contributed by atoms with van der Waals surface area (Å²) in [5.41, 5.74) is 3.19. The standard InChI is InChI=1S/C27H23F3N2O2/c28-27(29,30)26(33)19-32(18-20-6-4-7-22(16-20)21-12-14-31-15-13-21)23-8-5-11-25(17-23)34-24-9-2-1-3-10-24/h1-17,26,33H,18-19H2. The van der Waals surface area contributed by atoms with E-state index < -0.39 is 18.8 Å². The summed E-state index contributed by atoms with van der Waals surface area (Å²) in [7, 11) is 0. The summed E-state index contributed by atoms with van der Waals surface area (Å²) in [6.45, 7) is -0.446. The smallest absolute Gasteiger partial charge is 0.416 e. The van der Waals surface area contributed by atoms with Crippen LogP contribution in [-0.4, -0.2) is 28.9 Å². The summed E-state index contributed by atoms with van der Waals surface area (Å²) < 4.78 is 45.5. The molecule has 4 aromatic rings. The third-order valence-corrected chi connectivity index (χ3v) is 5.25. The highest BCUT2D eigenvalue weighted by Crippen LogP contribution is 2.30. The first kappa shape index (κ1) is 23.3. The number of alkyl halides is 3. The van der Waals surface area contributed by atoms with Crippen LogP contribution in [0.15, 0.2) is 103 Å². The van der Waals surface area contributed by atoms with Gasteiger partial charge in [-0.3, -0.25) is 4.98 Å². The van der Waals surface area contributed by atoms with Crippen molar-refractivity contribution >= 4 is 5.69 Å². The zero-order valence-electron chi connectivity index (χ0n) is 18.2. The Morgan fingerprint density at radius 1 is 0.794 bits per heavy atom. The van der Waals surface area contributed by atoms with E-state index in [0.29, 0.717) is 17.2 Å². The fourth-order valence-electron chi connectivity index (χ4n) is 3.56. The van der Waals surface area contributed by atoms with Crippen molar-refractivity contribution in [2.75, 3.05) is 11.4 Å². The van der Waals surface area contributed by atoms with Crippen LogP contribution >= 0.6 is 0 Å². The third kappa shape index (κ3) is 6.14. The van der Waals surface area contributed by atoms with Gasteiger partial charge in [0.05, 0.1) is 6.54 Å². The summed E-state index contributed by atoms with van der Waals surface area (Å²) in [6, 6.07) is 27.2. The van der Waals surface area contributed by atoms with Gasteiger partial charge in [-0.2, -0.15) is 13.2 Å². The van der Waals surface area contributed by atoms with Crippen LogP contribution in [0.5, 0.6) is 11.5 Å². The van der Waals surface area contributed by atoms with E-state index in [0.717, 1.165) is 16.7 Å². The summed E-state index contributed by atoms with van der Waals surface area (Å²) in [4.78, 5) is 5.52. The van der Waals surface area contributed by atoms with Gasteiger partial charge in [-0.05, 0) is 59.2 Å². The maximum Gasteiger partial charge on any atom is 0.416 e. The zero-order chi connectivity index (χ0) is 24.0. The number of aliphatic hydroxyl groups is 1. The van der Waals surface area contributed by atoms with Crippen molar-refractivity contribution in [3.05, 3.63) is 109 Å². The lowest BCUT2D eigenvalue weighted by Crippen LogP contribution is -2.40. The Morgan fingerprint density at radius 3 is 2.24 bits per heavy atom. The second-order valence-electron chi connectivity index (χ2n) is 7.79. The lowest BCUT2D eigenvalue weighted by Gasteiger charge is -2.29. The maximum absolute atomic E-state index is 13.2. The predicted molar refractivity (Wildman–Crippen MR) is 126 cm³/mol. The number of nitrogens with zero attached hydrogens (tertiary/aromatic N) is 2. The largest absolute Gasteiger partial charge is 0.457 e. The zero-order valence-corrected chi connectivity index (χ0v) is 18.2. The van der Waals surface area contributed by atoms with Gasteiger partial charge in [0.15, 0.2) is 6.10 Å². The van der Waals surface area contributed by atoms with Crippen molar-refractivity contribution in [2.24, 2.45) is 0 Å². The lowest BCUT2D eigenvalue weighted by molar-refractivity contribution is -0.200. The van der Waals surface area contributed by atoms with Crippen LogP contribution in [0.1, 0.15) is 5.56 Å². The van der Waals surface area contributed by atoms with Gasteiger partial charge < -0.3 is 14.7 Å². The van der Waals surface area contributed by atoms with Crippen molar-refractivity contribution in [1.29, 1.82) is 0 Å². The van der Waals surface area contributed by atoms with E-state index in [-0.39, 0.29) is 6.54 Å². The number of anilines is 1. The second kappa shape index (κ2) is 10.4. The van der Waals surface area contributed by atoms with Gasteiger partial charge in [-0.15, -0.1) is 0 Å². The van der Waals surface area contributed by atoms with Gasteiger partial charge >= 0.3 is 6.18 Å². The van der Waals surface area contributed by atoms with Gasteiger partial charge in [0.1, 0.15) is 11.5 Å². The molecule has 0 aliphatic carbocycles. The summed E-state index contributed by atoms with van der Waals surface area (Å²) in [5.74, 6) is 1.10. The molecule has 1 atom stereocenters. The van der Waals surface area contributed by atoms with Gasteiger partial charge in [-0.1, -0.05) is 42.5 Å². The van der Waals surface area contributed by atoms with Crippen LogP contribution in [0.25, 0.3) is 11.1 Å². The third-order valence-electron chi connectivity index (χ3n) is 5.25. The molecule has 1 N–H and O–H groups in total. The van der Waals surface area contributed by atoms with Gasteiger partial charge in [0.25, 0.3) is 0 Å². The van der Waals surface area contributed by atoms with Crippen molar-refractivity contribution in [3.8, 4) is 22.6 Å². The molecule has 1 heterocycles. The Hall–Kier alpha value is -3.84. The van der Waals surface area contributed by atoms with Crippen LogP contribution in [0.4, 0.5) is 18.9 Å². The van der Waals surface area contributed by atoms with E-state index in [1.807, 2.05) is 54.6 Å². The van der Waals surface area contributed by atoms with Crippen molar-refractivity contribution < 1.29 is 23.0 Å². The SMILES string of the molecule is OC(CN(Cc1cccc(-c2ccncc2)c1)c1cccc(Oc2ccccc2)c1)C(F)(F)F. The van der Waals surface area contributed by atoms with E-state index >= 15 is 0 Å². The normalized spacial score (nSPS) is 12.2. The Kier molecular flexibility index (Phi) is 7.13. The topological polar surface area (TPSA) is 45.6 Å². The maximum atomic E-state index is 13.2. The van der Waals surface area contributed by atoms with E-state index in [1.54, 1.807) is 48.8 Å². The highest BCUT2D eigenvalue weighted by atomic mass is 19.4. The fourth-order valence-corrected chi connectivity index (χ4v) is 3.56. The van der Waals surface area contributed by atoms with Crippen LogP contribution in [0.2, 0.25) is 0 Å². The Balaban J connectivity index is 1.62. The van der Waals surface area contributed by atoms with Crippen molar-refractivity contribution in [2.45, 2.75) is 18.8 Å².